The van der Waals surface area contributed by atoms with E-state index >= 15 is 0 Å². The second-order valence-corrected chi connectivity index (χ2v) is 6.19. The number of fused-ring (bicyclic) bond motifs is 1. The van der Waals surface area contributed by atoms with Gasteiger partial charge in [-0.2, -0.15) is 13.2 Å². The van der Waals surface area contributed by atoms with Crippen LogP contribution in [0.5, 0.6) is 0 Å². The Hall–Kier alpha value is -2.83. The number of amides is 1. The number of furan rings is 1. The highest BCUT2D eigenvalue weighted by molar-refractivity contribution is 6.06. The lowest BCUT2D eigenvalue weighted by Gasteiger charge is -2.24. The Morgan fingerprint density at radius 2 is 1.96 bits per heavy atom. The summed E-state index contributed by atoms with van der Waals surface area (Å²) in [7, 11) is 0. The summed E-state index contributed by atoms with van der Waals surface area (Å²) in [6.45, 7) is 1.93. The van der Waals surface area contributed by atoms with Crippen LogP contribution in [-0.2, 0) is 6.54 Å². The summed E-state index contributed by atoms with van der Waals surface area (Å²) < 4.78 is 44.2. The lowest BCUT2D eigenvalue weighted by atomic mass is 10.0. The van der Waals surface area contributed by atoms with E-state index in [0.29, 0.717) is 16.6 Å². The average molecular weight is 362 g/mol. The van der Waals surface area contributed by atoms with Gasteiger partial charge in [-0.15, -0.1) is 0 Å². The molecule has 2 aromatic heterocycles. The predicted molar refractivity (Wildman–Crippen MR) is 90.7 cm³/mol. The zero-order valence-electron chi connectivity index (χ0n) is 14.3. The molecule has 7 heteroatoms. The van der Waals surface area contributed by atoms with Crippen LogP contribution in [-0.4, -0.2) is 28.5 Å². The number of benzene rings is 1. The number of hydrogen-bond acceptors (Lipinski definition) is 3. The summed E-state index contributed by atoms with van der Waals surface area (Å²) in [5.41, 5.74) is 2.23. The molecule has 0 atom stereocenters. The van der Waals surface area contributed by atoms with Crippen LogP contribution in [0.2, 0.25) is 0 Å². The van der Waals surface area contributed by atoms with Crippen LogP contribution >= 0.6 is 0 Å². The SMILES string of the molecule is Cc1ccc2nc(C)cc(C(=O)N(Cc3ccco3)CC(F)(F)F)c2c1. The quantitative estimate of drug-likeness (QED) is 0.679. The Kier molecular flexibility index (Phi) is 4.71. The minimum absolute atomic E-state index is 0.201. The first kappa shape index (κ1) is 18.0. The van der Waals surface area contributed by atoms with Crippen LogP contribution in [0.3, 0.4) is 0 Å². The van der Waals surface area contributed by atoms with Crippen LogP contribution in [0, 0.1) is 13.8 Å². The van der Waals surface area contributed by atoms with Gasteiger partial charge in [0.15, 0.2) is 0 Å². The van der Waals surface area contributed by atoms with Crippen molar-refractivity contribution < 1.29 is 22.4 Å². The third-order valence-corrected chi connectivity index (χ3v) is 3.91. The molecule has 4 nitrogen and oxygen atoms in total. The molecule has 136 valence electrons. The lowest BCUT2D eigenvalue weighted by Crippen LogP contribution is -2.38. The number of aryl methyl sites for hydroxylation is 2. The van der Waals surface area contributed by atoms with E-state index in [-0.39, 0.29) is 17.9 Å². The molecule has 0 saturated carbocycles. The largest absolute Gasteiger partial charge is 0.467 e. The van der Waals surface area contributed by atoms with Gasteiger partial charge >= 0.3 is 6.18 Å². The van der Waals surface area contributed by atoms with Crippen molar-refractivity contribution in [2.45, 2.75) is 26.6 Å². The number of hydrogen-bond donors (Lipinski definition) is 0. The Morgan fingerprint density at radius 1 is 1.19 bits per heavy atom. The zero-order valence-corrected chi connectivity index (χ0v) is 14.3. The van der Waals surface area contributed by atoms with Gasteiger partial charge in [-0.25, -0.2) is 0 Å². The number of alkyl halides is 3. The van der Waals surface area contributed by atoms with E-state index in [2.05, 4.69) is 4.98 Å². The molecule has 3 rings (SSSR count). The van der Waals surface area contributed by atoms with Crippen molar-refractivity contribution in [3.63, 3.8) is 0 Å². The third kappa shape index (κ3) is 4.04. The highest BCUT2D eigenvalue weighted by atomic mass is 19.4. The van der Waals surface area contributed by atoms with Gasteiger partial charge in [0.05, 0.1) is 23.9 Å². The van der Waals surface area contributed by atoms with E-state index in [4.69, 9.17) is 4.42 Å². The molecule has 1 aromatic carbocycles. The molecule has 0 saturated heterocycles. The molecule has 3 aromatic rings. The molecule has 0 N–H and O–H groups in total. The topological polar surface area (TPSA) is 46.3 Å². The van der Waals surface area contributed by atoms with E-state index < -0.39 is 18.6 Å². The van der Waals surface area contributed by atoms with Gasteiger partial charge in [0.2, 0.25) is 0 Å². The summed E-state index contributed by atoms with van der Waals surface area (Å²) in [4.78, 5) is 18.1. The molecule has 0 aliphatic heterocycles. The monoisotopic (exact) mass is 362 g/mol. The molecule has 1 amide bonds. The summed E-state index contributed by atoms with van der Waals surface area (Å²) >= 11 is 0. The number of halogens is 3. The third-order valence-electron chi connectivity index (χ3n) is 3.91. The van der Waals surface area contributed by atoms with Crippen molar-refractivity contribution in [2.24, 2.45) is 0 Å². The van der Waals surface area contributed by atoms with Gasteiger partial charge < -0.3 is 9.32 Å². The second-order valence-electron chi connectivity index (χ2n) is 6.19. The van der Waals surface area contributed by atoms with Crippen molar-refractivity contribution in [3.8, 4) is 0 Å². The smallest absolute Gasteiger partial charge is 0.406 e. The Labute approximate surface area is 148 Å². The maximum absolute atomic E-state index is 13.0. The molecule has 0 aliphatic carbocycles. The summed E-state index contributed by atoms with van der Waals surface area (Å²) in [5.74, 6) is -0.423. The standard InChI is InChI=1S/C19H17F3N2O2/c1-12-5-6-17-15(8-12)16(9-13(2)23-17)18(25)24(11-19(20,21)22)10-14-4-3-7-26-14/h3-9H,10-11H2,1-2H3. The Bertz CT molecular complexity index is 934. The summed E-state index contributed by atoms with van der Waals surface area (Å²) in [5, 5.41) is 0.534. The number of aromatic nitrogens is 1. The molecular weight excluding hydrogens is 345 g/mol. The van der Waals surface area contributed by atoms with Crippen LogP contribution in [0.1, 0.15) is 27.4 Å². The highest BCUT2D eigenvalue weighted by Gasteiger charge is 2.34. The molecule has 0 aliphatic rings. The number of rotatable bonds is 4. The first-order valence-corrected chi connectivity index (χ1v) is 7.99. The maximum atomic E-state index is 13.0. The normalized spacial score (nSPS) is 11.7. The molecule has 0 unspecified atom stereocenters. The van der Waals surface area contributed by atoms with Crippen LogP contribution in [0.15, 0.2) is 47.1 Å². The van der Waals surface area contributed by atoms with Gasteiger partial charge in [-0.3, -0.25) is 9.78 Å². The van der Waals surface area contributed by atoms with Crippen molar-refractivity contribution >= 4 is 16.8 Å². The fourth-order valence-electron chi connectivity index (χ4n) is 2.83. The van der Waals surface area contributed by atoms with E-state index in [1.807, 2.05) is 13.0 Å². The van der Waals surface area contributed by atoms with Crippen molar-refractivity contribution in [1.29, 1.82) is 0 Å². The molecule has 2 heterocycles. The first-order chi connectivity index (χ1) is 12.2. The van der Waals surface area contributed by atoms with Gasteiger partial charge in [0.25, 0.3) is 5.91 Å². The molecule has 0 bridgehead atoms. The summed E-state index contributed by atoms with van der Waals surface area (Å²) in [6, 6.07) is 10.00. The van der Waals surface area contributed by atoms with Gasteiger partial charge in [0, 0.05) is 11.1 Å². The second kappa shape index (κ2) is 6.82. The van der Waals surface area contributed by atoms with Crippen molar-refractivity contribution in [2.75, 3.05) is 6.54 Å². The van der Waals surface area contributed by atoms with Gasteiger partial charge in [0.1, 0.15) is 12.3 Å². The maximum Gasteiger partial charge on any atom is 0.406 e. The van der Waals surface area contributed by atoms with E-state index in [0.717, 1.165) is 10.5 Å². The first-order valence-electron chi connectivity index (χ1n) is 7.99. The number of pyridine rings is 1. The summed E-state index contributed by atoms with van der Waals surface area (Å²) in [6.07, 6.45) is -3.16. The Morgan fingerprint density at radius 3 is 2.62 bits per heavy atom. The lowest BCUT2D eigenvalue weighted by molar-refractivity contribution is -0.142. The number of nitrogens with zero attached hydrogens (tertiary/aromatic N) is 2. The van der Waals surface area contributed by atoms with Crippen LogP contribution < -0.4 is 0 Å². The fourth-order valence-corrected chi connectivity index (χ4v) is 2.83. The zero-order chi connectivity index (χ0) is 18.9. The Balaban J connectivity index is 2.05. The predicted octanol–water partition coefficient (Wildman–Crippen LogP) is 4.65. The van der Waals surface area contributed by atoms with E-state index in [9.17, 15) is 18.0 Å². The average Bonchev–Trinajstić information content (AvgIpc) is 3.05. The van der Waals surface area contributed by atoms with Gasteiger partial charge in [-0.05, 0) is 44.2 Å². The fraction of sp³-hybridized carbons (Fsp3) is 0.263. The molecule has 0 spiro atoms. The molecule has 26 heavy (non-hydrogen) atoms. The minimum atomic E-state index is -4.52. The number of carbonyl (C=O) groups is 1. The molecule has 0 radical (unpaired) electrons. The van der Waals surface area contributed by atoms with E-state index in [1.54, 1.807) is 25.1 Å². The molecular formula is C19H17F3N2O2. The number of carbonyl (C=O) groups excluding carboxylic acids is 1. The van der Waals surface area contributed by atoms with Crippen molar-refractivity contribution in [1.82, 2.24) is 9.88 Å². The molecule has 0 fully saturated rings. The van der Waals surface area contributed by atoms with Crippen LogP contribution in [0.4, 0.5) is 13.2 Å². The highest BCUT2D eigenvalue weighted by Crippen LogP contribution is 2.25. The van der Waals surface area contributed by atoms with Gasteiger partial charge in [-0.1, -0.05) is 11.6 Å². The minimum Gasteiger partial charge on any atom is -0.467 e. The van der Waals surface area contributed by atoms with E-state index in [1.165, 1.54) is 18.4 Å². The van der Waals surface area contributed by atoms with Crippen LogP contribution in [0.25, 0.3) is 10.9 Å². The van der Waals surface area contributed by atoms with Crippen molar-refractivity contribution in [3.05, 3.63) is 65.2 Å².